The molecule has 0 radical (unpaired) electrons. The molecule has 7 nitrogen and oxygen atoms in total. The quantitative estimate of drug-likeness (QED) is 0.591. The number of methoxy groups -OCH3 is 1. The number of carboxylic acid groups (broad SMARTS) is 1. The molecule has 114 valence electrons. The highest BCUT2D eigenvalue weighted by atomic mass is 32.2. The fourth-order valence-electron chi connectivity index (χ4n) is 1.46. The van der Waals surface area contributed by atoms with Crippen molar-refractivity contribution in [2.45, 2.75) is 17.4 Å². The van der Waals surface area contributed by atoms with Gasteiger partial charge in [-0.2, -0.15) is 0 Å². The Morgan fingerprint density at radius 1 is 1.33 bits per heavy atom. The van der Waals surface area contributed by atoms with E-state index in [1.165, 1.54) is 11.8 Å². The van der Waals surface area contributed by atoms with E-state index in [9.17, 15) is 14.4 Å². The van der Waals surface area contributed by atoms with Crippen molar-refractivity contribution in [3.63, 3.8) is 0 Å². The topological polar surface area (TPSA) is 119 Å². The number of amides is 2. The zero-order valence-corrected chi connectivity index (χ0v) is 12.2. The summed E-state index contributed by atoms with van der Waals surface area (Å²) in [5.74, 6) is -1.82. The van der Waals surface area contributed by atoms with Gasteiger partial charge in [0.05, 0.1) is 19.3 Å². The number of carbonyl (C=O) groups excluding carboxylic acids is 2. The van der Waals surface area contributed by atoms with Crippen molar-refractivity contribution in [2.24, 2.45) is 5.73 Å². The molecule has 1 aromatic rings. The third-order valence-electron chi connectivity index (χ3n) is 2.47. The van der Waals surface area contributed by atoms with Gasteiger partial charge >= 0.3 is 5.97 Å². The summed E-state index contributed by atoms with van der Waals surface area (Å²) in [6.45, 7) is 0. The number of hydrogen-bond acceptors (Lipinski definition) is 5. The second-order valence-corrected chi connectivity index (χ2v) is 5.14. The Morgan fingerprint density at radius 3 is 2.43 bits per heavy atom. The molecule has 0 spiro atoms. The Bertz CT molecular complexity index is 518. The molecule has 0 aromatic heterocycles. The summed E-state index contributed by atoms with van der Waals surface area (Å²) < 4.78 is 5.01. The maximum Gasteiger partial charge on any atom is 0.326 e. The molecule has 8 heteroatoms. The van der Waals surface area contributed by atoms with Crippen molar-refractivity contribution in [1.82, 2.24) is 5.32 Å². The van der Waals surface area contributed by atoms with Crippen molar-refractivity contribution >= 4 is 29.5 Å². The van der Waals surface area contributed by atoms with Crippen LogP contribution in [0, 0.1) is 0 Å². The Balaban J connectivity index is 2.48. The number of carboxylic acids is 1. The molecule has 0 bridgehead atoms. The third kappa shape index (κ3) is 6.17. The van der Waals surface area contributed by atoms with Crippen molar-refractivity contribution in [3.05, 3.63) is 24.3 Å². The Kier molecular flexibility index (Phi) is 6.54. The normalized spacial score (nSPS) is 11.5. The summed E-state index contributed by atoms with van der Waals surface area (Å²) in [6.07, 6.45) is -0.436. The molecule has 0 heterocycles. The lowest BCUT2D eigenvalue weighted by atomic mass is 10.2. The largest absolute Gasteiger partial charge is 0.497 e. The maximum absolute atomic E-state index is 11.7. The number of ether oxygens (including phenoxy) is 1. The van der Waals surface area contributed by atoms with Gasteiger partial charge in [0.25, 0.3) is 0 Å². The van der Waals surface area contributed by atoms with E-state index in [-0.39, 0.29) is 5.75 Å². The molecule has 0 aliphatic carbocycles. The van der Waals surface area contributed by atoms with Gasteiger partial charge in [-0.3, -0.25) is 9.59 Å². The molecule has 1 unspecified atom stereocenters. The van der Waals surface area contributed by atoms with E-state index in [4.69, 9.17) is 15.6 Å². The minimum Gasteiger partial charge on any atom is -0.497 e. The van der Waals surface area contributed by atoms with Gasteiger partial charge in [-0.05, 0) is 24.3 Å². The van der Waals surface area contributed by atoms with Crippen LogP contribution in [0.2, 0.25) is 0 Å². The molecule has 0 saturated heterocycles. The van der Waals surface area contributed by atoms with Gasteiger partial charge in [0.1, 0.15) is 11.8 Å². The van der Waals surface area contributed by atoms with Crippen molar-refractivity contribution in [2.75, 3.05) is 12.9 Å². The number of thioether (sulfide) groups is 1. The number of rotatable bonds is 8. The van der Waals surface area contributed by atoms with Crippen LogP contribution in [-0.4, -0.2) is 41.8 Å². The fourth-order valence-corrected chi connectivity index (χ4v) is 2.17. The Hall–Kier alpha value is -2.22. The summed E-state index contributed by atoms with van der Waals surface area (Å²) in [4.78, 5) is 34.1. The lowest BCUT2D eigenvalue weighted by Crippen LogP contribution is -2.44. The molecular formula is C13H16N2O5S. The van der Waals surface area contributed by atoms with Crippen LogP contribution in [0.3, 0.4) is 0 Å². The SMILES string of the molecule is COc1ccc(SCC(=O)NC(CC(N)=O)C(=O)O)cc1. The van der Waals surface area contributed by atoms with Crippen LogP contribution >= 0.6 is 11.8 Å². The van der Waals surface area contributed by atoms with Crippen molar-refractivity contribution in [1.29, 1.82) is 0 Å². The van der Waals surface area contributed by atoms with Crippen molar-refractivity contribution < 1.29 is 24.2 Å². The molecule has 0 aliphatic heterocycles. The van der Waals surface area contributed by atoms with E-state index < -0.39 is 30.2 Å². The average Bonchev–Trinajstić information content (AvgIpc) is 2.44. The Labute approximate surface area is 125 Å². The molecular weight excluding hydrogens is 296 g/mol. The monoisotopic (exact) mass is 312 g/mol. The smallest absolute Gasteiger partial charge is 0.326 e. The summed E-state index contributed by atoms with van der Waals surface area (Å²) in [7, 11) is 1.56. The molecule has 0 aliphatic rings. The van der Waals surface area contributed by atoms with E-state index in [0.717, 1.165) is 4.90 Å². The molecule has 1 atom stereocenters. The molecule has 2 amide bonds. The third-order valence-corrected chi connectivity index (χ3v) is 3.48. The van der Waals surface area contributed by atoms with Crippen LogP contribution in [0.25, 0.3) is 0 Å². The first-order chi connectivity index (χ1) is 9.92. The van der Waals surface area contributed by atoms with E-state index in [0.29, 0.717) is 5.75 Å². The minimum absolute atomic E-state index is 0.0366. The first-order valence-electron chi connectivity index (χ1n) is 5.99. The standard InChI is InChI=1S/C13H16N2O5S/c1-20-8-2-4-9(5-3-8)21-7-12(17)15-10(13(18)19)6-11(14)16/h2-5,10H,6-7H2,1H3,(H2,14,16)(H,15,17)(H,18,19). The van der Waals surface area contributed by atoms with Gasteiger partial charge in [0.15, 0.2) is 0 Å². The van der Waals surface area contributed by atoms with Gasteiger partial charge in [0.2, 0.25) is 11.8 Å². The second-order valence-electron chi connectivity index (χ2n) is 4.09. The summed E-state index contributed by atoms with van der Waals surface area (Å²) >= 11 is 1.24. The molecule has 1 aromatic carbocycles. The highest BCUT2D eigenvalue weighted by Crippen LogP contribution is 2.20. The lowest BCUT2D eigenvalue weighted by Gasteiger charge is -2.12. The lowest BCUT2D eigenvalue weighted by molar-refractivity contribution is -0.143. The number of carbonyl (C=O) groups is 3. The highest BCUT2D eigenvalue weighted by molar-refractivity contribution is 8.00. The van der Waals surface area contributed by atoms with E-state index in [1.54, 1.807) is 31.4 Å². The van der Waals surface area contributed by atoms with Gasteiger partial charge in [0, 0.05) is 4.90 Å². The van der Waals surface area contributed by atoms with Crippen LogP contribution in [0.15, 0.2) is 29.2 Å². The van der Waals surface area contributed by atoms with Crippen LogP contribution in [0.5, 0.6) is 5.75 Å². The van der Waals surface area contributed by atoms with Gasteiger partial charge in [-0.25, -0.2) is 4.79 Å². The van der Waals surface area contributed by atoms with E-state index in [1.807, 2.05) is 0 Å². The summed E-state index contributed by atoms with van der Waals surface area (Å²) in [6, 6.07) is 5.79. The number of nitrogens with two attached hydrogens (primary N) is 1. The Morgan fingerprint density at radius 2 is 1.95 bits per heavy atom. The predicted octanol–water partition coefficient (Wildman–Crippen LogP) is 0.232. The van der Waals surface area contributed by atoms with E-state index in [2.05, 4.69) is 5.32 Å². The zero-order valence-electron chi connectivity index (χ0n) is 11.4. The number of hydrogen-bond donors (Lipinski definition) is 3. The number of primary amides is 1. The molecule has 1 rings (SSSR count). The van der Waals surface area contributed by atoms with Gasteiger partial charge in [-0.15, -0.1) is 11.8 Å². The molecule has 0 fully saturated rings. The van der Waals surface area contributed by atoms with Crippen LogP contribution in [0.4, 0.5) is 0 Å². The summed E-state index contributed by atoms with van der Waals surface area (Å²) in [5.41, 5.74) is 4.93. The summed E-state index contributed by atoms with van der Waals surface area (Å²) in [5, 5.41) is 11.1. The number of benzene rings is 1. The van der Waals surface area contributed by atoms with Crippen LogP contribution in [-0.2, 0) is 14.4 Å². The number of aliphatic carboxylic acids is 1. The highest BCUT2D eigenvalue weighted by Gasteiger charge is 2.21. The van der Waals surface area contributed by atoms with Crippen LogP contribution in [0.1, 0.15) is 6.42 Å². The zero-order chi connectivity index (χ0) is 15.8. The average molecular weight is 312 g/mol. The first-order valence-corrected chi connectivity index (χ1v) is 6.98. The minimum atomic E-state index is -1.30. The molecule has 21 heavy (non-hydrogen) atoms. The molecule has 0 saturated carbocycles. The van der Waals surface area contributed by atoms with Crippen molar-refractivity contribution in [3.8, 4) is 5.75 Å². The number of nitrogens with one attached hydrogen (secondary N) is 1. The fraction of sp³-hybridized carbons (Fsp3) is 0.308. The van der Waals surface area contributed by atoms with Gasteiger partial charge in [-0.1, -0.05) is 0 Å². The van der Waals surface area contributed by atoms with Crippen LogP contribution < -0.4 is 15.8 Å². The first kappa shape index (κ1) is 16.8. The maximum atomic E-state index is 11.7. The van der Waals surface area contributed by atoms with E-state index >= 15 is 0 Å². The molecule has 4 N–H and O–H groups in total. The van der Waals surface area contributed by atoms with Gasteiger partial charge < -0.3 is 20.9 Å². The predicted molar refractivity (Wildman–Crippen MR) is 77.1 cm³/mol. The second kappa shape index (κ2) is 8.15.